The summed E-state index contributed by atoms with van der Waals surface area (Å²) in [6.45, 7) is 0. The lowest BCUT2D eigenvalue weighted by atomic mass is 9.89. The van der Waals surface area contributed by atoms with Gasteiger partial charge in [0.25, 0.3) is 17.7 Å². The molecule has 0 radical (unpaired) electrons. The van der Waals surface area contributed by atoms with E-state index in [0.29, 0.717) is 123 Å². The van der Waals surface area contributed by atoms with E-state index >= 15 is 0 Å². The average molecular weight is 1150 g/mol. The summed E-state index contributed by atoms with van der Waals surface area (Å²) in [5.41, 5.74) is 4.11. The molecule has 30 heteroatoms. The van der Waals surface area contributed by atoms with E-state index in [1.165, 1.54) is 39.9 Å². The third-order valence-corrected chi connectivity index (χ3v) is 14.3. The smallest absolute Gasteiger partial charge is 0.257 e. The first-order valence-electron chi connectivity index (χ1n) is 26.8. The zero-order valence-corrected chi connectivity index (χ0v) is 46.5. The van der Waals surface area contributed by atoms with Crippen molar-refractivity contribution in [2.75, 3.05) is 74.4 Å². The zero-order chi connectivity index (χ0) is 59.0. The second-order valence-corrected chi connectivity index (χ2v) is 19.4. The Morgan fingerprint density at radius 3 is 0.976 bits per heavy atom. The third-order valence-electron chi connectivity index (χ3n) is 14.3. The lowest BCUT2D eigenvalue weighted by Crippen LogP contribution is -2.50. The number of anilines is 9. The minimum absolute atomic E-state index is 0.229. The SMILES string of the molecule is CNc1cc(Nc2cccnc2OC)nc2c(C(=O)NC3CC[C@H]3O)cnn12.CNc1cc(Nc2cccnc2OC)nc2c(C(=O)N[C@@H]3CC[C@H]3O)cnn12.CNc1cc(Nc2cccnc2OC)nc2c(C(=O)N[C@H]3CC[C@@H]3O)cnn12. The number of amides is 3. The van der Waals surface area contributed by atoms with Gasteiger partial charge in [0.2, 0.25) is 17.6 Å². The number of methoxy groups -OCH3 is 3. The highest BCUT2D eigenvalue weighted by Gasteiger charge is 2.34. The van der Waals surface area contributed by atoms with Gasteiger partial charge in [-0.05, 0) is 74.9 Å². The number of ether oxygens (including phenoxy) is 3. The van der Waals surface area contributed by atoms with Crippen LogP contribution in [0.3, 0.4) is 0 Å². The molecule has 1 unspecified atom stereocenters. The van der Waals surface area contributed by atoms with E-state index in [0.717, 1.165) is 19.3 Å². The van der Waals surface area contributed by atoms with Crippen LogP contribution in [0.15, 0.2) is 91.8 Å². The molecular weight excluding hydrogens is 1090 g/mol. The summed E-state index contributed by atoms with van der Waals surface area (Å²) < 4.78 is 20.4. The molecule has 9 heterocycles. The monoisotopic (exact) mass is 1150 g/mol. The van der Waals surface area contributed by atoms with Crippen LogP contribution in [0.1, 0.15) is 69.6 Å². The fourth-order valence-electron chi connectivity index (χ4n) is 9.15. The Morgan fingerprint density at radius 1 is 0.464 bits per heavy atom. The molecule has 0 aromatic carbocycles. The Kier molecular flexibility index (Phi) is 17.2. The van der Waals surface area contributed by atoms with Crippen LogP contribution in [0.2, 0.25) is 0 Å². The number of carbonyl (C=O) groups is 3. The van der Waals surface area contributed by atoms with E-state index in [-0.39, 0.29) is 35.8 Å². The van der Waals surface area contributed by atoms with Gasteiger partial charge in [-0.3, -0.25) is 14.4 Å². The van der Waals surface area contributed by atoms with Crippen molar-refractivity contribution in [2.24, 2.45) is 0 Å². The third kappa shape index (κ3) is 12.1. The molecule has 9 aromatic rings. The van der Waals surface area contributed by atoms with Gasteiger partial charge in [-0.2, -0.15) is 28.8 Å². The van der Waals surface area contributed by atoms with Crippen molar-refractivity contribution in [3.05, 3.63) is 108 Å². The molecule has 12 N–H and O–H groups in total. The van der Waals surface area contributed by atoms with Gasteiger partial charge < -0.3 is 77.4 Å². The maximum atomic E-state index is 12.7. The van der Waals surface area contributed by atoms with E-state index in [1.54, 1.807) is 89.7 Å². The Balaban J connectivity index is 0.000000140. The molecule has 3 saturated carbocycles. The van der Waals surface area contributed by atoms with Crippen molar-refractivity contribution >= 4 is 86.6 Å². The maximum absolute atomic E-state index is 12.7. The van der Waals surface area contributed by atoms with E-state index in [4.69, 9.17) is 14.2 Å². The molecule has 6 atom stereocenters. The van der Waals surface area contributed by atoms with E-state index in [2.05, 4.69) is 93.1 Å². The maximum Gasteiger partial charge on any atom is 0.257 e. The molecule has 30 nitrogen and oxygen atoms in total. The van der Waals surface area contributed by atoms with Crippen molar-refractivity contribution in [2.45, 2.75) is 75.0 Å². The van der Waals surface area contributed by atoms with Crippen molar-refractivity contribution < 1.29 is 43.9 Å². The topological polar surface area (TPSA) is 377 Å². The lowest BCUT2D eigenvalue weighted by molar-refractivity contribution is 0.0448. The summed E-state index contributed by atoms with van der Waals surface area (Å²) in [5.74, 6) is 3.80. The van der Waals surface area contributed by atoms with Crippen LogP contribution in [-0.2, 0) is 0 Å². The fourth-order valence-corrected chi connectivity index (χ4v) is 9.15. The number of hydrogen-bond acceptors (Lipinski definition) is 24. The van der Waals surface area contributed by atoms with Crippen molar-refractivity contribution in [3.8, 4) is 17.6 Å². The van der Waals surface area contributed by atoms with Gasteiger partial charge in [0, 0.05) is 57.9 Å². The van der Waals surface area contributed by atoms with Crippen molar-refractivity contribution in [3.63, 3.8) is 0 Å². The van der Waals surface area contributed by atoms with Gasteiger partial charge >= 0.3 is 0 Å². The number of fused-ring (bicyclic) bond motifs is 3. The number of pyridine rings is 3. The highest BCUT2D eigenvalue weighted by Crippen LogP contribution is 2.31. The van der Waals surface area contributed by atoms with Crippen LogP contribution in [0.4, 0.5) is 52.0 Å². The molecule has 3 aliphatic rings. The molecule has 12 rings (SSSR count). The predicted octanol–water partition coefficient (Wildman–Crippen LogP) is 3.51. The summed E-state index contributed by atoms with van der Waals surface area (Å²) in [6, 6.07) is 15.4. The number of aliphatic hydroxyl groups is 3. The second-order valence-electron chi connectivity index (χ2n) is 19.4. The number of nitrogens with one attached hydrogen (secondary N) is 9. The number of nitrogens with zero attached hydrogens (tertiary/aromatic N) is 12. The summed E-state index contributed by atoms with van der Waals surface area (Å²) in [4.78, 5) is 64.1. The lowest BCUT2D eigenvalue weighted by Gasteiger charge is -2.32. The van der Waals surface area contributed by atoms with Crippen molar-refractivity contribution in [1.29, 1.82) is 0 Å². The van der Waals surface area contributed by atoms with Crippen molar-refractivity contribution in [1.82, 2.24) is 74.7 Å². The van der Waals surface area contributed by atoms with Gasteiger partial charge in [0.05, 0.1) is 76.4 Å². The van der Waals surface area contributed by atoms with Gasteiger partial charge in [-0.15, -0.1) is 0 Å². The van der Waals surface area contributed by atoms with Crippen LogP contribution >= 0.6 is 0 Å². The molecule has 9 aromatic heterocycles. The fraction of sp³-hybridized carbons (Fsp3) is 0.333. The Hall–Kier alpha value is -10.2. The molecule has 438 valence electrons. The minimum atomic E-state index is -0.498. The van der Waals surface area contributed by atoms with E-state index < -0.39 is 18.3 Å². The number of carbonyl (C=O) groups excluding carboxylic acids is 3. The first-order valence-corrected chi connectivity index (χ1v) is 26.8. The standard InChI is InChI=1S/3C18H21N7O3/c3*1-19-15-8-14(22-12-4-3-7-20-18(12)28-2)24-16-10(9-21-25(15)16)17(27)23-11-5-6-13(11)26/h3*3-4,7-9,11,13,19,26H,5-6H2,1-2H3,(H,22,24)(H,23,27)/t11?,13-;2*11-,13-/m110/s1. The number of aliphatic hydroxyl groups excluding tert-OH is 3. The van der Waals surface area contributed by atoms with Crippen LogP contribution in [0, 0.1) is 0 Å². The highest BCUT2D eigenvalue weighted by molar-refractivity contribution is 6.02. The Morgan fingerprint density at radius 2 is 0.750 bits per heavy atom. The number of rotatable bonds is 18. The number of hydrogen-bond donors (Lipinski definition) is 12. The molecule has 3 fully saturated rings. The van der Waals surface area contributed by atoms with Crippen LogP contribution < -0.4 is 62.1 Å². The van der Waals surface area contributed by atoms with Gasteiger partial charge in [-0.25, -0.2) is 29.9 Å². The number of aromatic nitrogens is 12. The summed E-state index contributed by atoms with van der Waals surface area (Å²) in [6.07, 6.45) is 12.2. The van der Waals surface area contributed by atoms with Gasteiger partial charge in [0.1, 0.15) is 68.7 Å². The highest BCUT2D eigenvalue weighted by atomic mass is 16.5. The first kappa shape index (κ1) is 57.1. The Labute approximate surface area is 479 Å². The largest absolute Gasteiger partial charge is 0.480 e. The Bertz CT molecular complexity index is 3450. The summed E-state index contributed by atoms with van der Waals surface area (Å²) >= 11 is 0. The molecule has 0 bridgehead atoms. The van der Waals surface area contributed by atoms with Crippen LogP contribution in [0.25, 0.3) is 16.9 Å². The molecule has 0 aliphatic heterocycles. The van der Waals surface area contributed by atoms with Gasteiger partial charge in [-0.1, -0.05) is 0 Å². The quantitative estimate of drug-likeness (QED) is 0.0585. The second kappa shape index (κ2) is 25.3. The molecule has 0 saturated heterocycles. The minimum Gasteiger partial charge on any atom is -0.480 e. The first-order chi connectivity index (χ1) is 40.8. The van der Waals surface area contributed by atoms with E-state index in [1.807, 2.05) is 18.2 Å². The molecule has 0 spiro atoms. The molecule has 84 heavy (non-hydrogen) atoms. The predicted molar refractivity (Wildman–Crippen MR) is 309 cm³/mol. The van der Waals surface area contributed by atoms with Crippen LogP contribution in [-0.4, -0.2) is 171 Å². The van der Waals surface area contributed by atoms with Crippen LogP contribution in [0.5, 0.6) is 17.6 Å². The molecule has 3 amide bonds. The summed E-state index contributed by atoms with van der Waals surface area (Å²) in [7, 11) is 9.90. The molecular formula is C54H63N21O9. The van der Waals surface area contributed by atoms with Gasteiger partial charge in [0.15, 0.2) is 16.9 Å². The average Bonchev–Trinajstić information content (AvgIpc) is 3.70. The normalized spacial score (nSPS) is 18.4. The summed E-state index contributed by atoms with van der Waals surface area (Å²) in [5, 5.41) is 69.1. The zero-order valence-electron chi connectivity index (χ0n) is 46.5. The molecule has 3 aliphatic carbocycles. The van der Waals surface area contributed by atoms with E-state index in [9.17, 15) is 29.7 Å².